The zero-order chi connectivity index (χ0) is 28.3. The molecule has 40 heavy (non-hydrogen) atoms. The first kappa shape index (κ1) is 28.4. The van der Waals surface area contributed by atoms with Crippen molar-refractivity contribution in [3.8, 4) is 17.0 Å². The highest BCUT2D eigenvalue weighted by Gasteiger charge is 2.38. The monoisotopic (exact) mass is 568 g/mol. The first-order valence-electron chi connectivity index (χ1n) is 13.3. The summed E-state index contributed by atoms with van der Waals surface area (Å²) in [6, 6.07) is 4.07. The maximum absolute atomic E-state index is 14.9. The van der Waals surface area contributed by atoms with Crippen LogP contribution in [0.3, 0.4) is 0 Å². The van der Waals surface area contributed by atoms with Crippen molar-refractivity contribution < 1.29 is 41.3 Å². The molecule has 2 amide bonds. The molecular formula is C27H32F4N4O5. The number of ether oxygens (including phenoxy) is 4. The van der Waals surface area contributed by atoms with Crippen LogP contribution in [0.5, 0.6) is 5.88 Å². The fourth-order valence-electron chi connectivity index (χ4n) is 5.13. The summed E-state index contributed by atoms with van der Waals surface area (Å²) in [5.41, 5.74) is 2.70. The minimum absolute atomic E-state index is 0.00650. The van der Waals surface area contributed by atoms with Crippen molar-refractivity contribution in [1.29, 1.82) is 0 Å². The van der Waals surface area contributed by atoms with Crippen LogP contribution in [0.25, 0.3) is 11.1 Å². The van der Waals surface area contributed by atoms with Gasteiger partial charge < -0.3 is 29.3 Å². The molecule has 0 saturated carbocycles. The zero-order valence-corrected chi connectivity index (χ0v) is 22.1. The average molecular weight is 569 g/mol. The van der Waals surface area contributed by atoms with Gasteiger partial charge in [0.05, 0.1) is 38.2 Å². The number of likely N-dealkylation sites (tertiary alicyclic amines) is 1. The quantitative estimate of drug-likeness (QED) is 0.505. The highest BCUT2D eigenvalue weighted by atomic mass is 19.4. The third-order valence-electron chi connectivity index (χ3n) is 7.23. The normalized spacial score (nSPS) is 20.6. The van der Waals surface area contributed by atoms with Gasteiger partial charge in [-0.2, -0.15) is 0 Å². The van der Waals surface area contributed by atoms with Crippen molar-refractivity contribution >= 4 is 17.4 Å². The zero-order valence-electron chi connectivity index (χ0n) is 22.1. The second-order valence-electron chi connectivity index (χ2n) is 10.1. The number of carbonyl (C=O) groups is 1. The molecule has 0 bridgehead atoms. The van der Waals surface area contributed by atoms with Gasteiger partial charge in [0.1, 0.15) is 17.6 Å². The van der Waals surface area contributed by atoms with Crippen LogP contribution in [0.4, 0.5) is 33.7 Å². The molecular weight excluding hydrogens is 536 g/mol. The highest BCUT2D eigenvalue weighted by Crippen LogP contribution is 2.36. The Kier molecular flexibility index (Phi) is 8.62. The fourth-order valence-corrected chi connectivity index (χ4v) is 5.13. The lowest BCUT2D eigenvalue weighted by atomic mass is 10.00. The molecule has 0 aliphatic carbocycles. The first-order chi connectivity index (χ1) is 19.2. The Morgan fingerprint density at radius 1 is 1.02 bits per heavy atom. The van der Waals surface area contributed by atoms with Crippen molar-refractivity contribution in [3.05, 3.63) is 35.8 Å². The number of aromatic nitrogens is 1. The Morgan fingerprint density at radius 3 is 2.48 bits per heavy atom. The fraction of sp³-hybridized carbons (Fsp3) is 0.556. The van der Waals surface area contributed by atoms with E-state index in [9.17, 15) is 22.4 Å². The number of nitrogens with one attached hydrogen (secondary N) is 1. The van der Waals surface area contributed by atoms with Gasteiger partial charge in [0, 0.05) is 50.8 Å². The van der Waals surface area contributed by atoms with E-state index < -0.39 is 24.3 Å². The maximum atomic E-state index is 14.9. The summed E-state index contributed by atoms with van der Waals surface area (Å²) in [7, 11) is 0. The summed E-state index contributed by atoms with van der Waals surface area (Å²) in [6.45, 7) is 5.29. The Balaban J connectivity index is 1.37. The number of alkyl halides is 3. The van der Waals surface area contributed by atoms with Crippen LogP contribution in [-0.2, 0) is 14.2 Å². The minimum atomic E-state index is -4.78. The Morgan fingerprint density at radius 2 is 1.75 bits per heavy atom. The topological polar surface area (TPSA) is 85.4 Å². The lowest BCUT2D eigenvalue weighted by Crippen LogP contribution is -2.37. The second-order valence-corrected chi connectivity index (χ2v) is 10.1. The third kappa shape index (κ3) is 6.94. The lowest BCUT2D eigenvalue weighted by Gasteiger charge is -2.31. The number of nitrogens with zero attached hydrogens (tertiary/aromatic N) is 3. The summed E-state index contributed by atoms with van der Waals surface area (Å²) in [5, 5.41) is 2.51. The van der Waals surface area contributed by atoms with E-state index in [4.69, 9.17) is 14.2 Å². The van der Waals surface area contributed by atoms with Crippen molar-refractivity contribution in [2.24, 2.45) is 0 Å². The van der Waals surface area contributed by atoms with Crippen LogP contribution in [0, 0.1) is 12.7 Å². The van der Waals surface area contributed by atoms with Crippen molar-refractivity contribution in [1.82, 2.24) is 9.88 Å². The largest absolute Gasteiger partial charge is 0.522 e. The van der Waals surface area contributed by atoms with E-state index in [2.05, 4.69) is 19.9 Å². The summed E-state index contributed by atoms with van der Waals surface area (Å²) >= 11 is 0. The molecule has 3 aliphatic heterocycles. The summed E-state index contributed by atoms with van der Waals surface area (Å²) in [4.78, 5) is 20.7. The van der Waals surface area contributed by atoms with E-state index in [1.165, 1.54) is 17.0 Å². The minimum Gasteiger partial charge on any atom is -0.473 e. The number of rotatable bonds is 6. The van der Waals surface area contributed by atoms with Gasteiger partial charge in [0.2, 0.25) is 5.88 Å². The summed E-state index contributed by atoms with van der Waals surface area (Å²) in [6.07, 6.45) is -2.71. The molecule has 3 aliphatic rings. The number of aryl methyl sites for hydroxylation is 1. The Bertz CT molecular complexity index is 1200. The lowest BCUT2D eigenvalue weighted by molar-refractivity contribution is -0.340. The van der Waals surface area contributed by atoms with Gasteiger partial charge in [-0.25, -0.2) is 14.2 Å². The third-order valence-corrected chi connectivity index (χ3v) is 7.23. The average Bonchev–Trinajstić information content (AvgIpc) is 3.39. The summed E-state index contributed by atoms with van der Waals surface area (Å²) < 4.78 is 73.8. The standard InChI is InChI=1S/C27H32F4N4O5/c1-17-12-22(28)23(33-26(36)35-5-2-20(16-35)40-27(29,30)31)14-21(17)18-13-24(34-6-10-38-11-7-34)25(32-15-18)39-19-3-8-37-9-4-19/h12-15,19-20H,2-11,16H2,1H3,(H,33,36)/t20-/m1/s1. The van der Waals surface area contributed by atoms with Crippen LogP contribution < -0.4 is 15.0 Å². The maximum Gasteiger partial charge on any atom is 0.522 e. The van der Waals surface area contributed by atoms with Gasteiger partial charge in [-0.3, -0.25) is 4.74 Å². The van der Waals surface area contributed by atoms with E-state index in [1.54, 1.807) is 13.1 Å². The first-order valence-corrected chi connectivity index (χ1v) is 13.3. The van der Waals surface area contributed by atoms with Crippen LogP contribution in [-0.4, -0.2) is 87.1 Å². The SMILES string of the molecule is Cc1cc(F)c(NC(=O)N2CC[C@@H](OC(F)(F)F)C2)cc1-c1cnc(OC2CCOCC2)c(N2CCOCC2)c1. The van der Waals surface area contributed by atoms with Crippen LogP contribution >= 0.6 is 0 Å². The molecule has 218 valence electrons. The number of benzene rings is 1. The van der Waals surface area contributed by atoms with Gasteiger partial charge in [0.25, 0.3) is 0 Å². The smallest absolute Gasteiger partial charge is 0.473 e. The van der Waals surface area contributed by atoms with Crippen molar-refractivity contribution in [3.63, 3.8) is 0 Å². The molecule has 3 saturated heterocycles. The van der Waals surface area contributed by atoms with Crippen LogP contribution in [0.1, 0.15) is 24.8 Å². The number of morpholine rings is 1. The number of amides is 2. The van der Waals surface area contributed by atoms with Crippen LogP contribution in [0.2, 0.25) is 0 Å². The van der Waals surface area contributed by atoms with E-state index in [1.807, 2.05) is 6.07 Å². The molecule has 9 nitrogen and oxygen atoms in total. The molecule has 13 heteroatoms. The van der Waals surface area contributed by atoms with Crippen molar-refractivity contribution in [2.75, 3.05) is 62.8 Å². The highest BCUT2D eigenvalue weighted by molar-refractivity contribution is 5.91. The van der Waals surface area contributed by atoms with E-state index in [0.717, 1.165) is 18.5 Å². The van der Waals surface area contributed by atoms with Gasteiger partial charge in [-0.15, -0.1) is 13.2 Å². The predicted molar refractivity (Wildman–Crippen MR) is 138 cm³/mol. The molecule has 1 N–H and O–H groups in total. The molecule has 4 heterocycles. The van der Waals surface area contributed by atoms with E-state index in [0.29, 0.717) is 62.1 Å². The number of halogens is 4. The molecule has 2 aromatic rings. The van der Waals surface area contributed by atoms with Gasteiger partial charge in [0.15, 0.2) is 0 Å². The number of hydrogen-bond acceptors (Lipinski definition) is 7. The van der Waals surface area contributed by atoms with Crippen molar-refractivity contribution in [2.45, 2.75) is 44.8 Å². The molecule has 1 aromatic heterocycles. The Hall–Kier alpha value is -3.16. The number of urea groups is 1. The molecule has 1 aromatic carbocycles. The molecule has 0 radical (unpaired) electrons. The molecule has 5 rings (SSSR count). The molecule has 0 spiro atoms. The Labute approximate surface area is 229 Å². The van der Waals surface area contributed by atoms with E-state index in [-0.39, 0.29) is 31.3 Å². The molecule has 1 atom stereocenters. The number of pyridine rings is 1. The van der Waals surface area contributed by atoms with E-state index >= 15 is 0 Å². The van der Waals surface area contributed by atoms with Gasteiger partial charge in [-0.1, -0.05) is 0 Å². The number of hydrogen-bond donors (Lipinski definition) is 1. The number of carbonyl (C=O) groups excluding carboxylic acids is 1. The van der Waals surface area contributed by atoms with Crippen LogP contribution in [0.15, 0.2) is 24.4 Å². The second kappa shape index (κ2) is 12.1. The summed E-state index contributed by atoms with van der Waals surface area (Å²) in [5.74, 6) is -0.145. The molecule has 0 unspecified atom stereocenters. The van der Waals surface area contributed by atoms with Gasteiger partial charge in [-0.05, 0) is 42.7 Å². The van der Waals surface area contributed by atoms with Gasteiger partial charge >= 0.3 is 12.4 Å². The predicted octanol–water partition coefficient (Wildman–Crippen LogP) is 4.73. The molecule has 3 fully saturated rings. The number of anilines is 2.